The van der Waals surface area contributed by atoms with Gasteiger partial charge in [-0.05, 0) is 32.4 Å². The SMILES string of the molecule is CNCCN(C)C(=O)C1CCCC1CN. The third-order valence-corrected chi connectivity index (χ3v) is 3.35. The van der Waals surface area contributed by atoms with Crippen LogP contribution in [0.5, 0.6) is 0 Å². The molecule has 15 heavy (non-hydrogen) atoms. The average molecular weight is 213 g/mol. The molecule has 4 nitrogen and oxygen atoms in total. The van der Waals surface area contributed by atoms with Crippen LogP contribution in [0, 0.1) is 11.8 Å². The number of amides is 1. The minimum absolute atomic E-state index is 0.178. The van der Waals surface area contributed by atoms with Gasteiger partial charge in [0.05, 0.1) is 0 Å². The molecule has 1 amide bonds. The Morgan fingerprint density at radius 3 is 2.87 bits per heavy atom. The van der Waals surface area contributed by atoms with Gasteiger partial charge >= 0.3 is 0 Å². The van der Waals surface area contributed by atoms with Crippen LogP contribution in [0.15, 0.2) is 0 Å². The molecule has 1 aliphatic rings. The maximum atomic E-state index is 12.1. The monoisotopic (exact) mass is 213 g/mol. The Morgan fingerprint density at radius 2 is 2.27 bits per heavy atom. The lowest BCUT2D eigenvalue weighted by atomic mass is 9.95. The molecule has 0 aromatic heterocycles. The molecule has 1 fully saturated rings. The Morgan fingerprint density at radius 1 is 1.53 bits per heavy atom. The quantitative estimate of drug-likeness (QED) is 0.678. The van der Waals surface area contributed by atoms with E-state index in [2.05, 4.69) is 5.32 Å². The first-order valence-corrected chi connectivity index (χ1v) is 5.80. The molecule has 88 valence electrons. The van der Waals surface area contributed by atoms with Gasteiger partial charge in [-0.1, -0.05) is 6.42 Å². The van der Waals surface area contributed by atoms with E-state index in [4.69, 9.17) is 5.73 Å². The zero-order valence-corrected chi connectivity index (χ0v) is 9.83. The predicted octanol–water partition coefficient (Wildman–Crippen LogP) is 0.0392. The maximum Gasteiger partial charge on any atom is 0.225 e. The first-order valence-electron chi connectivity index (χ1n) is 5.80. The Balaban J connectivity index is 2.44. The summed E-state index contributed by atoms with van der Waals surface area (Å²) in [5.74, 6) is 0.865. The van der Waals surface area contributed by atoms with Gasteiger partial charge in [-0.2, -0.15) is 0 Å². The van der Waals surface area contributed by atoms with Gasteiger partial charge < -0.3 is 16.0 Å². The third kappa shape index (κ3) is 3.18. The minimum Gasteiger partial charge on any atom is -0.344 e. The molecule has 2 unspecified atom stereocenters. The zero-order chi connectivity index (χ0) is 11.3. The average Bonchev–Trinajstić information content (AvgIpc) is 2.72. The van der Waals surface area contributed by atoms with Crippen molar-refractivity contribution in [3.63, 3.8) is 0 Å². The Bertz CT molecular complexity index is 208. The van der Waals surface area contributed by atoms with E-state index in [0.29, 0.717) is 12.5 Å². The molecule has 1 rings (SSSR count). The van der Waals surface area contributed by atoms with Crippen molar-refractivity contribution >= 4 is 5.91 Å². The summed E-state index contributed by atoms with van der Waals surface area (Å²) < 4.78 is 0. The highest BCUT2D eigenvalue weighted by atomic mass is 16.2. The first-order chi connectivity index (χ1) is 7.20. The number of likely N-dealkylation sites (N-methyl/N-ethyl adjacent to an activating group) is 2. The molecule has 0 aromatic carbocycles. The first kappa shape index (κ1) is 12.5. The molecule has 3 N–H and O–H groups in total. The third-order valence-electron chi connectivity index (χ3n) is 3.35. The van der Waals surface area contributed by atoms with Crippen LogP contribution in [0.4, 0.5) is 0 Å². The zero-order valence-electron chi connectivity index (χ0n) is 9.83. The summed E-state index contributed by atoms with van der Waals surface area (Å²) in [5, 5.41) is 3.05. The van der Waals surface area contributed by atoms with E-state index in [1.807, 2.05) is 19.0 Å². The van der Waals surface area contributed by atoms with Crippen LogP contribution in [0.1, 0.15) is 19.3 Å². The van der Waals surface area contributed by atoms with Crippen LogP contribution < -0.4 is 11.1 Å². The normalized spacial score (nSPS) is 25.5. The topological polar surface area (TPSA) is 58.4 Å². The fourth-order valence-corrected chi connectivity index (χ4v) is 2.32. The Kier molecular flexibility index (Phi) is 5.05. The Labute approximate surface area is 92.2 Å². The fourth-order valence-electron chi connectivity index (χ4n) is 2.32. The van der Waals surface area contributed by atoms with Gasteiger partial charge in [0.15, 0.2) is 0 Å². The summed E-state index contributed by atoms with van der Waals surface area (Å²) in [4.78, 5) is 13.9. The second-order valence-electron chi connectivity index (χ2n) is 4.40. The molecule has 0 spiro atoms. The molecular formula is C11H23N3O. The van der Waals surface area contributed by atoms with Gasteiger partial charge in [-0.3, -0.25) is 4.79 Å². The molecule has 0 bridgehead atoms. The molecule has 0 aliphatic heterocycles. The molecule has 4 heteroatoms. The lowest BCUT2D eigenvalue weighted by molar-refractivity contribution is -0.135. The summed E-state index contributed by atoms with van der Waals surface area (Å²) >= 11 is 0. The van der Waals surface area contributed by atoms with Gasteiger partial charge in [0.25, 0.3) is 0 Å². The molecule has 1 aliphatic carbocycles. The summed E-state index contributed by atoms with van der Waals surface area (Å²) in [7, 11) is 3.78. The summed E-state index contributed by atoms with van der Waals surface area (Å²) in [5.41, 5.74) is 5.68. The number of hydrogen-bond donors (Lipinski definition) is 2. The van der Waals surface area contributed by atoms with E-state index >= 15 is 0 Å². The van der Waals surface area contributed by atoms with E-state index in [1.165, 1.54) is 0 Å². The van der Waals surface area contributed by atoms with Crippen molar-refractivity contribution in [2.24, 2.45) is 17.6 Å². The summed E-state index contributed by atoms with van der Waals surface area (Å²) in [6.07, 6.45) is 3.29. The lowest BCUT2D eigenvalue weighted by Gasteiger charge is -2.24. The smallest absolute Gasteiger partial charge is 0.225 e. The van der Waals surface area contributed by atoms with E-state index in [1.54, 1.807) is 0 Å². The van der Waals surface area contributed by atoms with E-state index < -0.39 is 0 Å². The largest absolute Gasteiger partial charge is 0.344 e. The van der Waals surface area contributed by atoms with Crippen LogP contribution >= 0.6 is 0 Å². The maximum absolute atomic E-state index is 12.1. The van der Waals surface area contributed by atoms with Crippen LogP contribution in [-0.4, -0.2) is 44.5 Å². The van der Waals surface area contributed by atoms with Gasteiger partial charge in [0.1, 0.15) is 0 Å². The molecule has 0 saturated heterocycles. The van der Waals surface area contributed by atoms with Gasteiger partial charge in [0, 0.05) is 26.1 Å². The van der Waals surface area contributed by atoms with Crippen molar-refractivity contribution < 1.29 is 4.79 Å². The van der Waals surface area contributed by atoms with Crippen molar-refractivity contribution in [2.75, 3.05) is 33.7 Å². The molecule has 0 heterocycles. The number of nitrogens with zero attached hydrogens (tertiary/aromatic N) is 1. The van der Waals surface area contributed by atoms with Gasteiger partial charge in [-0.25, -0.2) is 0 Å². The molecular weight excluding hydrogens is 190 g/mol. The summed E-state index contributed by atoms with van der Waals surface area (Å²) in [6, 6.07) is 0. The molecule has 1 saturated carbocycles. The number of hydrogen-bond acceptors (Lipinski definition) is 3. The number of carbonyl (C=O) groups is 1. The van der Waals surface area contributed by atoms with Crippen molar-refractivity contribution in [3.8, 4) is 0 Å². The van der Waals surface area contributed by atoms with E-state index in [-0.39, 0.29) is 11.8 Å². The van der Waals surface area contributed by atoms with Crippen molar-refractivity contribution in [1.29, 1.82) is 0 Å². The van der Waals surface area contributed by atoms with E-state index in [9.17, 15) is 4.79 Å². The van der Waals surface area contributed by atoms with Gasteiger partial charge in [-0.15, -0.1) is 0 Å². The molecule has 2 atom stereocenters. The van der Waals surface area contributed by atoms with Crippen molar-refractivity contribution in [1.82, 2.24) is 10.2 Å². The van der Waals surface area contributed by atoms with Crippen molar-refractivity contribution in [3.05, 3.63) is 0 Å². The van der Waals surface area contributed by atoms with Crippen LogP contribution in [0.25, 0.3) is 0 Å². The predicted molar refractivity (Wildman–Crippen MR) is 61.4 cm³/mol. The Hall–Kier alpha value is -0.610. The fraction of sp³-hybridized carbons (Fsp3) is 0.909. The van der Waals surface area contributed by atoms with E-state index in [0.717, 1.165) is 32.4 Å². The lowest BCUT2D eigenvalue weighted by Crippen LogP contribution is -2.39. The minimum atomic E-state index is 0.178. The van der Waals surface area contributed by atoms with Crippen LogP contribution in [0.3, 0.4) is 0 Å². The van der Waals surface area contributed by atoms with Gasteiger partial charge in [0.2, 0.25) is 5.91 Å². The number of nitrogens with one attached hydrogen (secondary N) is 1. The second kappa shape index (κ2) is 6.08. The second-order valence-corrected chi connectivity index (χ2v) is 4.40. The number of carbonyl (C=O) groups excluding carboxylic acids is 1. The number of rotatable bonds is 5. The van der Waals surface area contributed by atoms with Crippen LogP contribution in [0.2, 0.25) is 0 Å². The van der Waals surface area contributed by atoms with Crippen molar-refractivity contribution in [2.45, 2.75) is 19.3 Å². The highest BCUT2D eigenvalue weighted by Gasteiger charge is 2.33. The standard InChI is InChI=1S/C11H23N3O/c1-13-6-7-14(2)11(15)10-5-3-4-9(10)8-12/h9-10,13H,3-8,12H2,1-2H3. The number of nitrogens with two attached hydrogens (primary N) is 1. The molecule has 0 radical (unpaired) electrons. The van der Waals surface area contributed by atoms with Crippen LogP contribution in [-0.2, 0) is 4.79 Å². The summed E-state index contributed by atoms with van der Waals surface area (Å²) in [6.45, 7) is 2.28. The highest BCUT2D eigenvalue weighted by Crippen LogP contribution is 2.31. The molecule has 0 aromatic rings. The highest BCUT2D eigenvalue weighted by molar-refractivity contribution is 5.79.